The van der Waals surface area contributed by atoms with Gasteiger partial charge in [0.25, 0.3) is 5.91 Å². The topological polar surface area (TPSA) is 65.1 Å². The number of hydrogen-bond acceptors (Lipinski definition) is 6. The molecule has 2 aromatic rings. The molecule has 1 amide bonds. The van der Waals surface area contributed by atoms with Crippen molar-refractivity contribution in [3.8, 4) is 11.5 Å². The largest absolute Gasteiger partial charge is 0.497 e. The van der Waals surface area contributed by atoms with Gasteiger partial charge in [-0.25, -0.2) is 0 Å². The molecule has 2 heterocycles. The minimum atomic E-state index is -0.376. The normalized spacial score (nSPS) is 16.0. The molecule has 1 aliphatic rings. The third-order valence-electron chi connectivity index (χ3n) is 4.65. The first kappa shape index (κ1) is 20.2. The zero-order valence-corrected chi connectivity index (χ0v) is 16.8. The molecular weight excluding hydrogens is 378 g/mol. The summed E-state index contributed by atoms with van der Waals surface area (Å²) in [6.45, 7) is 0.927. The van der Waals surface area contributed by atoms with Crippen molar-refractivity contribution in [2.75, 3.05) is 26.9 Å². The highest BCUT2D eigenvalue weighted by molar-refractivity contribution is 7.10. The van der Waals surface area contributed by atoms with Crippen molar-refractivity contribution in [1.29, 1.82) is 0 Å². The lowest BCUT2D eigenvalue weighted by atomic mass is 10.2. The number of carbonyl (C=O) groups is 2. The van der Waals surface area contributed by atoms with Crippen LogP contribution in [0.5, 0.6) is 11.5 Å². The van der Waals surface area contributed by atoms with Crippen LogP contribution in [0.25, 0.3) is 0 Å². The molecule has 7 heteroatoms. The van der Waals surface area contributed by atoms with Crippen molar-refractivity contribution in [3.05, 3.63) is 46.7 Å². The zero-order chi connectivity index (χ0) is 19.8. The van der Waals surface area contributed by atoms with Crippen LogP contribution in [0.2, 0.25) is 0 Å². The molecule has 1 fully saturated rings. The molecule has 0 spiro atoms. The molecule has 28 heavy (non-hydrogen) atoms. The number of benzene rings is 1. The Balaban J connectivity index is 1.34. The van der Waals surface area contributed by atoms with Gasteiger partial charge in [-0.1, -0.05) is 6.07 Å². The maximum absolute atomic E-state index is 12.4. The molecule has 0 bridgehead atoms. The number of ether oxygens (including phenoxy) is 3. The van der Waals surface area contributed by atoms with E-state index in [1.807, 2.05) is 40.6 Å². The van der Waals surface area contributed by atoms with Gasteiger partial charge in [-0.3, -0.25) is 9.59 Å². The van der Waals surface area contributed by atoms with Crippen molar-refractivity contribution in [1.82, 2.24) is 4.90 Å². The van der Waals surface area contributed by atoms with Crippen LogP contribution < -0.4 is 9.47 Å². The Morgan fingerprint density at radius 2 is 1.96 bits per heavy atom. The second kappa shape index (κ2) is 10.1. The first-order valence-corrected chi connectivity index (χ1v) is 10.3. The van der Waals surface area contributed by atoms with Gasteiger partial charge in [0.1, 0.15) is 11.5 Å². The zero-order valence-electron chi connectivity index (χ0n) is 16.0. The molecule has 1 aliphatic heterocycles. The van der Waals surface area contributed by atoms with E-state index in [0.717, 1.165) is 24.3 Å². The summed E-state index contributed by atoms with van der Waals surface area (Å²) in [5.74, 6) is 0.982. The molecular formula is C21H25NO5S. The third kappa shape index (κ3) is 5.48. The molecule has 1 saturated heterocycles. The van der Waals surface area contributed by atoms with Gasteiger partial charge in [-0.15, -0.1) is 11.3 Å². The Morgan fingerprint density at radius 1 is 1.18 bits per heavy atom. The van der Waals surface area contributed by atoms with Crippen LogP contribution in [0.4, 0.5) is 0 Å². The Kier molecular flexibility index (Phi) is 7.31. The fourth-order valence-electron chi connectivity index (χ4n) is 3.22. The van der Waals surface area contributed by atoms with Gasteiger partial charge in [-0.2, -0.15) is 0 Å². The van der Waals surface area contributed by atoms with E-state index in [1.165, 1.54) is 4.88 Å². The summed E-state index contributed by atoms with van der Waals surface area (Å²) >= 11 is 1.66. The number of amides is 1. The van der Waals surface area contributed by atoms with Crippen LogP contribution in [-0.4, -0.2) is 43.6 Å². The summed E-state index contributed by atoms with van der Waals surface area (Å²) in [4.78, 5) is 27.4. The summed E-state index contributed by atoms with van der Waals surface area (Å²) in [5.41, 5.74) is 0. The molecule has 0 radical (unpaired) electrons. The van der Waals surface area contributed by atoms with E-state index in [-0.39, 0.29) is 30.9 Å². The lowest BCUT2D eigenvalue weighted by Gasteiger charge is -2.23. The first-order valence-electron chi connectivity index (χ1n) is 9.42. The van der Waals surface area contributed by atoms with Gasteiger partial charge < -0.3 is 19.1 Å². The van der Waals surface area contributed by atoms with Gasteiger partial charge in [0, 0.05) is 17.8 Å². The number of carbonyl (C=O) groups excluding carboxylic acids is 2. The number of hydrogen-bond donors (Lipinski definition) is 0. The average Bonchev–Trinajstić information content (AvgIpc) is 3.41. The van der Waals surface area contributed by atoms with Crippen LogP contribution in [0.15, 0.2) is 41.8 Å². The molecule has 1 aromatic carbocycles. The maximum Gasteiger partial charge on any atom is 0.306 e. The van der Waals surface area contributed by atoms with E-state index in [2.05, 4.69) is 6.07 Å². The molecule has 0 aliphatic carbocycles. The number of thiophene rings is 1. The van der Waals surface area contributed by atoms with Gasteiger partial charge in [0.05, 0.1) is 19.8 Å². The molecule has 0 saturated carbocycles. The molecule has 1 aromatic heterocycles. The standard InChI is InChI=1S/C21H25NO5S/c1-25-16-8-10-17(11-9-16)26-13-3-7-21(24)27-15-20(23)22-12-2-5-18(22)19-6-4-14-28-19/h4,6,8-11,14,18H,2-3,5,7,12-13,15H2,1H3. The monoisotopic (exact) mass is 403 g/mol. The van der Waals surface area contributed by atoms with E-state index in [9.17, 15) is 9.59 Å². The predicted molar refractivity (Wildman–Crippen MR) is 107 cm³/mol. The van der Waals surface area contributed by atoms with Crippen LogP contribution in [0, 0.1) is 0 Å². The maximum atomic E-state index is 12.4. The molecule has 1 unspecified atom stereocenters. The van der Waals surface area contributed by atoms with E-state index in [4.69, 9.17) is 14.2 Å². The van der Waals surface area contributed by atoms with Crippen molar-refractivity contribution in [2.45, 2.75) is 31.7 Å². The summed E-state index contributed by atoms with van der Waals surface area (Å²) < 4.78 is 15.8. The molecule has 3 rings (SSSR count). The second-order valence-electron chi connectivity index (χ2n) is 6.55. The first-order chi connectivity index (χ1) is 13.7. The molecule has 150 valence electrons. The van der Waals surface area contributed by atoms with Crippen LogP contribution in [-0.2, 0) is 14.3 Å². The highest BCUT2D eigenvalue weighted by Gasteiger charge is 2.30. The fourth-order valence-corrected chi connectivity index (χ4v) is 4.09. The Bertz CT molecular complexity index is 760. The van der Waals surface area contributed by atoms with Crippen molar-refractivity contribution in [2.24, 2.45) is 0 Å². The van der Waals surface area contributed by atoms with Crippen molar-refractivity contribution >= 4 is 23.2 Å². The average molecular weight is 404 g/mol. The Labute approximate surface area is 169 Å². The van der Waals surface area contributed by atoms with Crippen molar-refractivity contribution in [3.63, 3.8) is 0 Å². The number of methoxy groups -OCH3 is 1. The highest BCUT2D eigenvalue weighted by atomic mass is 32.1. The summed E-state index contributed by atoms with van der Waals surface area (Å²) in [7, 11) is 1.61. The lowest BCUT2D eigenvalue weighted by molar-refractivity contribution is -0.152. The Hall–Kier alpha value is -2.54. The van der Waals surface area contributed by atoms with Gasteiger partial charge >= 0.3 is 5.97 Å². The smallest absolute Gasteiger partial charge is 0.306 e. The van der Waals surface area contributed by atoms with Gasteiger partial charge in [0.2, 0.25) is 0 Å². The minimum Gasteiger partial charge on any atom is -0.497 e. The second-order valence-corrected chi connectivity index (χ2v) is 7.53. The van der Waals surface area contributed by atoms with Crippen molar-refractivity contribution < 1.29 is 23.8 Å². The van der Waals surface area contributed by atoms with Crippen LogP contribution in [0.1, 0.15) is 36.6 Å². The number of rotatable bonds is 9. The third-order valence-corrected chi connectivity index (χ3v) is 5.63. The predicted octanol–water partition coefficient (Wildman–Crippen LogP) is 3.82. The minimum absolute atomic E-state index is 0.115. The Morgan fingerprint density at radius 3 is 2.68 bits per heavy atom. The van der Waals surface area contributed by atoms with E-state index in [1.54, 1.807) is 18.4 Å². The molecule has 1 atom stereocenters. The molecule has 6 nitrogen and oxygen atoms in total. The van der Waals surface area contributed by atoms with Gasteiger partial charge in [-0.05, 0) is 55.0 Å². The van der Waals surface area contributed by atoms with Crippen LogP contribution in [0.3, 0.4) is 0 Å². The highest BCUT2D eigenvalue weighted by Crippen LogP contribution is 2.34. The van der Waals surface area contributed by atoms with Crippen LogP contribution >= 0.6 is 11.3 Å². The lowest BCUT2D eigenvalue weighted by Crippen LogP contribution is -2.34. The number of esters is 1. The summed E-state index contributed by atoms with van der Waals surface area (Å²) in [6.07, 6.45) is 2.69. The SMILES string of the molecule is COc1ccc(OCCCC(=O)OCC(=O)N2CCCC2c2cccs2)cc1. The number of nitrogens with zero attached hydrogens (tertiary/aromatic N) is 1. The summed E-state index contributed by atoms with van der Waals surface area (Å²) in [6, 6.07) is 11.4. The van der Waals surface area contributed by atoms with E-state index in [0.29, 0.717) is 19.6 Å². The quantitative estimate of drug-likeness (QED) is 0.470. The summed E-state index contributed by atoms with van der Waals surface area (Å²) in [5, 5.41) is 2.02. The fraction of sp³-hybridized carbons (Fsp3) is 0.429. The van der Waals surface area contributed by atoms with E-state index >= 15 is 0 Å². The number of likely N-dealkylation sites (tertiary alicyclic amines) is 1. The van der Waals surface area contributed by atoms with Gasteiger partial charge in [0.15, 0.2) is 6.61 Å². The van der Waals surface area contributed by atoms with E-state index < -0.39 is 0 Å². The molecule has 0 N–H and O–H groups in total.